The van der Waals surface area contributed by atoms with Gasteiger partial charge in [0.1, 0.15) is 11.9 Å². The first kappa shape index (κ1) is 14.1. The number of hydrogen-bond acceptors (Lipinski definition) is 3. The summed E-state index contributed by atoms with van der Waals surface area (Å²) in [6.07, 6.45) is 2.46. The van der Waals surface area contributed by atoms with Crippen molar-refractivity contribution in [3.8, 4) is 6.07 Å². The van der Waals surface area contributed by atoms with E-state index in [1.807, 2.05) is 6.07 Å². The van der Waals surface area contributed by atoms with Gasteiger partial charge in [0.25, 0.3) is 0 Å². The van der Waals surface area contributed by atoms with Gasteiger partial charge in [0.05, 0.1) is 11.3 Å². The van der Waals surface area contributed by atoms with Crippen molar-refractivity contribution < 1.29 is 4.79 Å². The number of carbonyl (C=O) groups excluding carboxylic acids is 1. The molecule has 0 radical (unpaired) electrons. The van der Waals surface area contributed by atoms with Gasteiger partial charge in [0.15, 0.2) is 0 Å². The van der Waals surface area contributed by atoms with E-state index in [1.54, 1.807) is 6.92 Å². The fraction of sp³-hybridized carbons (Fsp3) is 0.467. The highest BCUT2D eigenvalue weighted by Crippen LogP contribution is 2.33. The molecule has 0 fully saturated rings. The Balaban J connectivity index is 2.32. The van der Waals surface area contributed by atoms with E-state index in [0.717, 1.165) is 42.5 Å². The van der Waals surface area contributed by atoms with Crippen LogP contribution < -0.4 is 4.90 Å². The number of alkyl halides is 1. The van der Waals surface area contributed by atoms with Crippen LogP contribution in [0.5, 0.6) is 0 Å². The van der Waals surface area contributed by atoms with Crippen LogP contribution >= 0.6 is 15.9 Å². The maximum Gasteiger partial charge on any atom is 0.134 e. The van der Waals surface area contributed by atoms with Gasteiger partial charge in [-0.15, -0.1) is 0 Å². The van der Waals surface area contributed by atoms with E-state index in [2.05, 4.69) is 33.0 Å². The molecule has 0 spiro atoms. The summed E-state index contributed by atoms with van der Waals surface area (Å²) in [4.78, 5) is 13.5. The molecule has 0 amide bonds. The van der Waals surface area contributed by atoms with Crippen LogP contribution in [0.2, 0.25) is 0 Å². The summed E-state index contributed by atoms with van der Waals surface area (Å²) in [5.74, 6) is 0.137. The van der Waals surface area contributed by atoms with Gasteiger partial charge >= 0.3 is 0 Å². The molecule has 2 rings (SSSR count). The Morgan fingerprint density at radius 1 is 1.53 bits per heavy atom. The molecule has 0 saturated carbocycles. The number of nitrogens with zero attached hydrogens (tertiary/aromatic N) is 2. The number of Topliss-reactive ketones (excluding diaryl/α,β-unsaturated/α-hetero) is 1. The maximum absolute atomic E-state index is 11.2. The highest BCUT2D eigenvalue weighted by molar-refractivity contribution is 9.09. The minimum absolute atomic E-state index is 0.137. The Morgan fingerprint density at radius 3 is 2.95 bits per heavy atom. The minimum Gasteiger partial charge on any atom is -0.370 e. The molecular weight excluding hydrogens is 304 g/mol. The lowest BCUT2D eigenvalue weighted by molar-refractivity contribution is -0.116. The largest absolute Gasteiger partial charge is 0.370 e. The number of halogens is 1. The van der Waals surface area contributed by atoms with E-state index in [4.69, 9.17) is 0 Å². The van der Waals surface area contributed by atoms with Crippen molar-refractivity contribution in [2.24, 2.45) is 0 Å². The molecule has 0 N–H and O–H groups in total. The molecule has 19 heavy (non-hydrogen) atoms. The van der Waals surface area contributed by atoms with Crippen LogP contribution in [0.15, 0.2) is 12.1 Å². The number of benzene rings is 1. The molecule has 0 atom stereocenters. The molecule has 1 aliphatic rings. The second-order valence-corrected chi connectivity index (χ2v) is 5.71. The molecule has 1 heterocycles. The van der Waals surface area contributed by atoms with Crippen LogP contribution in [0.25, 0.3) is 0 Å². The molecule has 100 valence electrons. The van der Waals surface area contributed by atoms with Crippen LogP contribution in [0.4, 0.5) is 5.69 Å². The first-order chi connectivity index (χ1) is 9.15. The highest BCUT2D eigenvalue weighted by atomic mass is 79.9. The second kappa shape index (κ2) is 6.21. The molecule has 0 aliphatic carbocycles. The Bertz CT molecular complexity index is 534. The van der Waals surface area contributed by atoms with E-state index < -0.39 is 0 Å². The Morgan fingerprint density at radius 2 is 2.32 bits per heavy atom. The summed E-state index contributed by atoms with van der Waals surface area (Å²) in [6.45, 7) is 3.53. The monoisotopic (exact) mass is 320 g/mol. The van der Waals surface area contributed by atoms with Gasteiger partial charge in [-0.05, 0) is 37.0 Å². The van der Waals surface area contributed by atoms with Crippen molar-refractivity contribution in [1.82, 2.24) is 0 Å². The molecule has 0 saturated heterocycles. The van der Waals surface area contributed by atoms with Gasteiger partial charge in [0.2, 0.25) is 0 Å². The van der Waals surface area contributed by atoms with Crippen LogP contribution in [-0.2, 0) is 17.6 Å². The molecule has 1 aromatic rings. The van der Waals surface area contributed by atoms with Crippen molar-refractivity contribution in [2.45, 2.75) is 26.2 Å². The first-order valence-electron chi connectivity index (χ1n) is 6.52. The Hall–Kier alpha value is -1.34. The Kier molecular flexibility index (Phi) is 4.60. The number of carbonyl (C=O) groups is 1. The molecule has 1 aromatic carbocycles. The number of rotatable bonds is 5. The van der Waals surface area contributed by atoms with Crippen LogP contribution in [0, 0.1) is 11.3 Å². The lowest BCUT2D eigenvalue weighted by Gasteiger charge is -2.20. The first-order valence-corrected chi connectivity index (χ1v) is 7.64. The van der Waals surface area contributed by atoms with E-state index >= 15 is 0 Å². The lowest BCUT2D eigenvalue weighted by Crippen LogP contribution is -2.22. The van der Waals surface area contributed by atoms with Crippen molar-refractivity contribution in [1.29, 1.82) is 5.26 Å². The highest BCUT2D eigenvalue weighted by Gasteiger charge is 2.23. The molecule has 3 nitrogen and oxygen atoms in total. The van der Waals surface area contributed by atoms with Gasteiger partial charge in [-0.1, -0.05) is 22.0 Å². The van der Waals surface area contributed by atoms with Crippen molar-refractivity contribution >= 4 is 27.4 Å². The quantitative estimate of drug-likeness (QED) is 0.783. The van der Waals surface area contributed by atoms with Crippen molar-refractivity contribution in [3.63, 3.8) is 0 Å². The zero-order valence-corrected chi connectivity index (χ0v) is 12.7. The summed E-state index contributed by atoms with van der Waals surface area (Å²) in [7, 11) is 0. The number of anilines is 1. The van der Waals surface area contributed by atoms with Gasteiger partial charge in [-0.25, -0.2) is 0 Å². The van der Waals surface area contributed by atoms with Crippen LogP contribution in [-0.4, -0.2) is 24.2 Å². The fourth-order valence-electron chi connectivity index (χ4n) is 2.64. The SMILES string of the molecule is CC(=O)Cc1cc(C#N)c2c(c1)CCN2CCCBr. The van der Waals surface area contributed by atoms with Crippen LogP contribution in [0.1, 0.15) is 30.0 Å². The summed E-state index contributed by atoms with van der Waals surface area (Å²) in [6, 6.07) is 6.24. The standard InChI is InChI=1S/C15H17BrN2O/c1-11(19)7-12-8-13-3-6-18(5-2-4-16)15(13)14(9-12)10-17/h8-9H,2-7H2,1H3. The van der Waals surface area contributed by atoms with Gasteiger partial charge < -0.3 is 4.90 Å². The molecule has 0 unspecified atom stereocenters. The van der Waals surface area contributed by atoms with Gasteiger partial charge in [-0.3, -0.25) is 4.79 Å². The summed E-state index contributed by atoms with van der Waals surface area (Å²) >= 11 is 3.44. The minimum atomic E-state index is 0.137. The number of ketones is 1. The molecular formula is C15H17BrN2O. The smallest absolute Gasteiger partial charge is 0.134 e. The van der Waals surface area contributed by atoms with E-state index in [0.29, 0.717) is 12.0 Å². The fourth-order valence-corrected chi connectivity index (χ4v) is 2.89. The predicted octanol–water partition coefficient (Wildman–Crippen LogP) is 2.84. The van der Waals surface area contributed by atoms with Crippen LogP contribution in [0.3, 0.4) is 0 Å². The second-order valence-electron chi connectivity index (χ2n) is 4.92. The molecule has 0 bridgehead atoms. The van der Waals surface area contributed by atoms with Gasteiger partial charge in [0, 0.05) is 24.8 Å². The number of nitriles is 1. The number of fused-ring (bicyclic) bond motifs is 1. The maximum atomic E-state index is 11.2. The van der Waals surface area contributed by atoms with Crippen molar-refractivity contribution in [2.75, 3.05) is 23.3 Å². The average Bonchev–Trinajstić information content (AvgIpc) is 2.77. The predicted molar refractivity (Wildman–Crippen MR) is 79.9 cm³/mol. The summed E-state index contributed by atoms with van der Waals surface area (Å²) in [5, 5.41) is 10.3. The van der Waals surface area contributed by atoms with E-state index in [1.165, 1.54) is 5.56 Å². The zero-order valence-electron chi connectivity index (χ0n) is 11.1. The van der Waals surface area contributed by atoms with E-state index in [9.17, 15) is 10.1 Å². The topological polar surface area (TPSA) is 44.1 Å². The van der Waals surface area contributed by atoms with Gasteiger partial charge in [-0.2, -0.15) is 5.26 Å². The lowest BCUT2D eigenvalue weighted by atomic mass is 10.0. The summed E-state index contributed by atoms with van der Waals surface area (Å²) < 4.78 is 0. The van der Waals surface area contributed by atoms with E-state index in [-0.39, 0.29) is 5.78 Å². The zero-order chi connectivity index (χ0) is 13.8. The normalized spacial score (nSPS) is 13.2. The molecule has 4 heteroatoms. The third-order valence-corrected chi connectivity index (χ3v) is 3.91. The Labute approximate surface area is 122 Å². The average molecular weight is 321 g/mol. The molecule has 1 aliphatic heterocycles. The van der Waals surface area contributed by atoms with Crippen molar-refractivity contribution in [3.05, 3.63) is 28.8 Å². The molecule has 0 aromatic heterocycles. The third-order valence-electron chi connectivity index (χ3n) is 3.35. The summed E-state index contributed by atoms with van der Waals surface area (Å²) in [5.41, 5.74) is 3.96. The third kappa shape index (κ3) is 3.16. The number of hydrogen-bond donors (Lipinski definition) is 0.